The molecule has 0 aliphatic rings. The van der Waals surface area contributed by atoms with Gasteiger partial charge in [0.1, 0.15) is 5.57 Å². The van der Waals surface area contributed by atoms with E-state index in [1.807, 2.05) is 45.0 Å². The zero-order valence-electron chi connectivity index (χ0n) is 11.1. The summed E-state index contributed by atoms with van der Waals surface area (Å²) in [6.45, 7) is 5.93. The van der Waals surface area contributed by atoms with Gasteiger partial charge in [0.05, 0.1) is 20.5 Å². The fraction of sp³-hybridized carbons (Fsp3) is 0.357. The second-order valence-electron chi connectivity index (χ2n) is 3.07. The lowest BCUT2D eigenvalue weighted by Crippen LogP contribution is -2.05. The number of benzene rings is 1. The van der Waals surface area contributed by atoms with Gasteiger partial charge in [-0.3, -0.25) is 0 Å². The lowest BCUT2D eigenvalue weighted by atomic mass is 10.0. The van der Waals surface area contributed by atoms with Gasteiger partial charge in [-0.05, 0) is 18.1 Å². The summed E-state index contributed by atoms with van der Waals surface area (Å²) in [4.78, 5) is 11.5. The highest BCUT2D eigenvalue weighted by atomic mass is 16.5. The van der Waals surface area contributed by atoms with E-state index in [9.17, 15) is 4.79 Å². The van der Waals surface area contributed by atoms with Crippen LogP contribution in [0, 0.1) is 6.92 Å². The van der Waals surface area contributed by atoms with E-state index in [0.29, 0.717) is 5.57 Å². The Morgan fingerprint density at radius 3 is 2.24 bits per heavy atom. The fourth-order valence-electron chi connectivity index (χ4n) is 1.32. The van der Waals surface area contributed by atoms with E-state index in [0.717, 1.165) is 11.1 Å². The maximum absolute atomic E-state index is 11.5. The molecule has 0 unspecified atom stereocenters. The van der Waals surface area contributed by atoms with Crippen molar-refractivity contribution in [3.05, 3.63) is 41.7 Å². The first-order chi connectivity index (χ1) is 8.20. The Balaban J connectivity index is 0.00000121. The number of aryl methyl sites for hydroxylation is 1. The van der Waals surface area contributed by atoms with Crippen LogP contribution in [0.2, 0.25) is 0 Å². The molecule has 0 fully saturated rings. The fourth-order valence-corrected chi connectivity index (χ4v) is 1.32. The van der Waals surface area contributed by atoms with Gasteiger partial charge in [-0.25, -0.2) is 4.79 Å². The van der Waals surface area contributed by atoms with Crippen LogP contribution in [0.1, 0.15) is 25.0 Å². The largest absolute Gasteiger partial charge is 0.503 e. The summed E-state index contributed by atoms with van der Waals surface area (Å²) < 4.78 is 9.56. The molecule has 1 aromatic rings. The van der Waals surface area contributed by atoms with Gasteiger partial charge in [0.2, 0.25) is 0 Å². The van der Waals surface area contributed by atoms with Crippen molar-refractivity contribution < 1.29 is 14.3 Å². The molecule has 3 heteroatoms. The van der Waals surface area contributed by atoms with Gasteiger partial charge in [0.15, 0.2) is 0 Å². The number of esters is 1. The highest BCUT2D eigenvalue weighted by molar-refractivity contribution is 6.16. The molecule has 0 radical (unpaired) electrons. The van der Waals surface area contributed by atoms with Crippen LogP contribution < -0.4 is 0 Å². The Morgan fingerprint density at radius 1 is 1.18 bits per heavy atom. The standard InChI is InChI=1S/C12H14O3.C2H6/c1-9-6-4-5-7-10(9)11(8-14-2)12(13)15-3;1-2/h4-8H,1-3H3;1-2H3/b11-8+;. The van der Waals surface area contributed by atoms with E-state index in [2.05, 4.69) is 4.74 Å². The molecule has 0 saturated heterocycles. The maximum Gasteiger partial charge on any atom is 0.341 e. The van der Waals surface area contributed by atoms with Crippen molar-refractivity contribution in [2.75, 3.05) is 14.2 Å². The summed E-state index contributed by atoms with van der Waals surface area (Å²) in [6.07, 6.45) is 1.40. The Hall–Kier alpha value is -1.77. The van der Waals surface area contributed by atoms with Gasteiger partial charge in [-0.2, -0.15) is 0 Å². The zero-order chi connectivity index (χ0) is 13.3. The number of hydrogen-bond donors (Lipinski definition) is 0. The zero-order valence-corrected chi connectivity index (χ0v) is 11.1. The molecule has 0 heterocycles. The van der Waals surface area contributed by atoms with Crippen LogP contribution in [-0.2, 0) is 14.3 Å². The lowest BCUT2D eigenvalue weighted by molar-refractivity contribution is -0.133. The second kappa shape index (κ2) is 8.39. The quantitative estimate of drug-likeness (QED) is 0.459. The number of rotatable bonds is 3. The van der Waals surface area contributed by atoms with Crippen molar-refractivity contribution in [2.45, 2.75) is 20.8 Å². The van der Waals surface area contributed by atoms with Crippen molar-refractivity contribution in [1.29, 1.82) is 0 Å². The SMILES string of the molecule is CC.CO/C=C(/C(=O)OC)c1ccccc1C. The molecule has 1 aromatic carbocycles. The summed E-state index contributed by atoms with van der Waals surface area (Å²) in [5.74, 6) is -0.397. The van der Waals surface area contributed by atoms with E-state index in [1.54, 1.807) is 0 Å². The van der Waals surface area contributed by atoms with E-state index < -0.39 is 5.97 Å². The number of ether oxygens (including phenoxy) is 2. The van der Waals surface area contributed by atoms with Crippen molar-refractivity contribution in [1.82, 2.24) is 0 Å². The van der Waals surface area contributed by atoms with Crippen LogP contribution in [0.4, 0.5) is 0 Å². The molecular formula is C14H20O3. The van der Waals surface area contributed by atoms with Gasteiger partial charge in [-0.15, -0.1) is 0 Å². The first-order valence-corrected chi connectivity index (χ1v) is 5.58. The van der Waals surface area contributed by atoms with Crippen LogP contribution in [0.5, 0.6) is 0 Å². The van der Waals surface area contributed by atoms with Crippen LogP contribution in [-0.4, -0.2) is 20.2 Å². The Kier molecular flexibility index (Phi) is 7.52. The number of hydrogen-bond acceptors (Lipinski definition) is 3. The number of carbonyl (C=O) groups excluding carboxylic acids is 1. The first kappa shape index (κ1) is 15.2. The van der Waals surface area contributed by atoms with Crippen molar-refractivity contribution in [3.8, 4) is 0 Å². The summed E-state index contributed by atoms with van der Waals surface area (Å²) in [5.41, 5.74) is 2.26. The van der Waals surface area contributed by atoms with Crippen LogP contribution in [0.3, 0.4) is 0 Å². The Bertz CT molecular complexity index is 381. The Morgan fingerprint density at radius 2 is 1.76 bits per heavy atom. The highest BCUT2D eigenvalue weighted by Gasteiger charge is 2.14. The van der Waals surface area contributed by atoms with Crippen LogP contribution >= 0.6 is 0 Å². The lowest BCUT2D eigenvalue weighted by Gasteiger charge is -2.07. The molecule has 94 valence electrons. The van der Waals surface area contributed by atoms with Gasteiger partial charge in [0, 0.05) is 0 Å². The molecule has 0 saturated carbocycles. The highest BCUT2D eigenvalue weighted by Crippen LogP contribution is 2.19. The molecule has 0 spiro atoms. The third kappa shape index (κ3) is 4.31. The smallest absolute Gasteiger partial charge is 0.341 e. The minimum absolute atomic E-state index is 0.397. The minimum atomic E-state index is -0.397. The van der Waals surface area contributed by atoms with E-state index in [-0.39, 0.29) is 0 Å². The molecule has 1 rings (SSSR count). The van der Waals surface area contributed by atoms with Gasteiger partial charge in [-0.1, -0.05) is 38.1 Å². The van der Waals surface area contributed by atoms with Crippen molar-refractivity contribution in [3.63, 3.8) is 0 Å². The molecule has 0 amide bonds. The predicted octanol–water partition coefficient (Wildman–Crippen LogP) is 3.18. The minimum Gasteiger partial charge on any atom is -0.503 e. The maximum atomic E-state index is 11.5. The molecular weight excluding hydrogens is 216 g/mol. The summed E-state index contributed by atoms with van der Waals surface area (Å²) in [5, 5.41) is 0. The van der Waals surface area contributed by atoms with Crippen LogP contribution in [0.25, 0.3) is 5.57 Å². The first-order valence-electron chi connectivity index (χ1n) is 5.58. The second-order valence-corrected chi connectivity index (χ2v) is 3.07. The van der Waals surface area contributed by atoms with Crippen LogP contribution in [0.15, 0.2) is 30.5 Å². The van der Waals surface area contributed by atoms with E-state index in [1.165, 1.54) is 20.5 Å². The molecule has 0 aliphatic carbocycles. The van der Waals surface area contributed by atoms with Crippen molar-refractivity contribution >= 4 is 11.5 Å². The summed E-state index contributed by atoms with van der Waals surface area (Å²) in [6, 6.07) is 7.58. The third-order valence-corrected chi connectivity index (χ3v) is 2.08. The molecule has 0 N–H and O–H groups in total. The Labute approximate surface area is 103 Å². The van der Waals surface area contributed by atoms with Gasteiger partial charge >= 0.3 is 5.97 Å². The normalized spacial score (nSPS) is 10.1. The summed E-state index contributed by atoms with van der Waals surface area (Å²) in [7, 11) is 2.85. The van der Waals surface area contributed by atoms with Gasteiger partial charge < -0.3 is 9.47 Å². The number of carbonyl (C=O) groups is 1. The number of methoxy groups -OCH3 is 2. The molecule has 17 heavy (non-hydrogen) atoms. The topological polar surface area (TPSA) is 35.5 Å². The molecule has 0 aliphatic heterocycles. The third-order valence-electron chi connectivity index (χ3n) is 2.08. The molecule has 0 aromatic heterocycles. The molecule has 0 bridgehead atoms. The average molecular weight is 236 g/mol. The van der Waals surface area contributed by atoms with E-state index in [4.69, 9.17) is 4.74 Å². The van der Waals surface area contributed by atoms with Gasteiger partial charge in [0.25, 0.3) is 0 Å². The monoisotopic (exact) mass is 236 g/mol. The predicted molar refractivity (Wildman–Crippen MR) is 69.5 cm³/mol. The van der Waals surface area contributed by atoms with E-state index >= 15 is 0 Å². The van der Waals surface area contributed by atoms with Crippen molar-refractivity contribution in [2.24, 2.45) is 0 Å². The molecule has 3 nitrogen and oxygen atoms in total. The molecule has 0 atom stereocenters. The average Bonchev–Trinajstić information content (AvgIpc) is 2.38. The summed E-state index contributed by atoms with van der Waals surface area (Å²) >= 11 is 0.